The van der Waals surface area contributed by atoms with E-state index in [2.05, 4.69) is 0 Å². The summed E-state index contributed by atoms with van der Waals surface area (Å²) >= 11 is 0. The molecule has 6 heteroatoms. The summed E-state index contributed by atoms with van der Waals surface area (Å²) in [5.41, 5.74) is -0.953. The number of non-ortho nitro benzene ring substituents is 1. The highest BCUT2D eigenvalue weighted by molar-refractivity contribution is 5.84. The van der Waals surface area contributed by atoms with Crippen LogP contribution in [0.4, 0.5) is 5.69 Å². The average molecular weight is 207 g/mol. The summed E-state index contributed by atoms with van der Waals surface area (Å²) in [6, 6.07) is 4.55. The number of benzene rings is 1. The van der Waals surface area contributed by atoms with Gasteiger partial charge in [0.1, 0.15) is 11.3 Å². The van der Waals surface area contributed by atoms with E-state index in [4.69, 9.17) is 4.42 Å². The Morgan fingerprint density at radius 2 is 2.07 bits per heavy atom. The number of aromatic hydroxyl groups is 1. The van der Waals surface area contributed by atoms with Crippen LogP contribution >= 0.6 is 0 Å². The van der Waals surface area contributed by atoms with Crippen LogP contribution < -0.4 is 5.63 Å². The molecule has 1 aromatic heterocycles. The van der Waals surface area contributed by atoms with Crippen molar-refractivity contribution in [1.29, 1.82) is 0 Å². The van der Waals surface area contributed by atoms with Crippen molar-refractivity contribution in [1.82, 2.24) is 0 Å². The van der Waals surface area contributed by atoms with E-state index in [9.17, 15) is 20.0 Å². The highest BCUT2D eigenvalue weighted by atomic mass is 16.6. The number of nitro groups is 1. The third kappa shape index (κ3) is 1.52. The van der Waals surface area contributed by atoms with Crippen LogP contribution in [0.1, 0.15) is 0 Å². The molecule has 0 radical (unpaired) electrons. The van der Waals surface area contributed by atoms with Crippen molar-refractivity contribution in [3.05, 3.63) is 44.8 Å². The van der Waals surface area contributed by atoms with Crippen LogP contribution in [0.25, 0.3) is 11.0 Å². The van der Waals surface area contributed by atoms with Gasteiger partial charge in [-0.1, -0.05) is 0 Å². The lowest BCUT2D eigenvalue weighted by molar-refractivity contribution is -0.384. The fourth-order valence-corrected chi connectivity index (χ4v) is 1.25. The Hall–Kier alpha value is -2.37. The van der Waals surface area contributed by atoms with Crippen LogP contribution in [0.2, 0.25) is 0 Å². The quantitative estimate of drug-likeness (QED) is 0.433. The molecule has 0 fully saturated rings. The summed E-state index contributed by atoms with van der Waals surface area (Å²) < 4.78 is 4.71. The molecule has 0 unspecified atom stereocenters. The molecule has 1 aromatic carbocycles. The Balaban J connectivity index is 2.82. The number of fused-ring (bicyclic) bond motifs is 1. The summed E-state index contributed by atoms with van der Waals surface area (Å²) in [6.07, 6.45) is 0. The summed E-state index contributed by atoms with van der Waals surface area (Å²) in [4.78, 5) is 20.7. The van der Waals surface area contributed by atoms with E-state index in [1.165, 1.54) is 12.1 Å². The normalized spacial score (nSPS) is 10.4. The molecule has 0 atom stereocenters. The minimum Gasteiger partial charge on any atom is -0.507 e. The Labute approximate surface area is 82.5 Å². The van der Waals surface area contributed by atoms with Crippen LogP contribution in [0.3, 0.4) is 0 Å². The number of hydrogen-bond acceptors (Lipinski definition) is 5. The monoisotopic (exact) mass is 207 g/mol. The summed E-state index contributed by atoms with van der Waals surface area (Å²) in [7, 11) is 0. The predicted molar refractivity (Wildman–Crippen MR) is 50.8 cm³/mol. The van der Waals surface area contributed by atoms with Gasteiger partial charge in [-0.2, -0.15) is 0 Å². The van der Waals surface area contributed by atoms with Crippen LogP contribution in [0, 0.1) is 10.1 Å². The fraction of sp³-hybridized carbons (Fsp3) is 0. The maximum atomic E-state index is 10.9. The van der Waals surface area contributed by atoms with E-state index in [0.29, 0.717) is 0 Å². The summed E-state index contributed by atoms with van der Waals surface area (Å²) in [6.45, 7) is 0. The zero-order valence-electron chi connectivity index (χ0n) is 7.34. The van der Waals surface area contributed by atoms with Crippen molar-refractivity contribution in [2.24, 2.45) is 0 Å². The first-order valence-corrected chi connectivity index (χ1v) is 3.99. The van der Waals surface area contributed by atoms with Gasteiger partial charge in [0.2, 0.25) is 0 Å². The van der Waals surface area contributed by atoms with E-state index in [1.807, 2.05) is 0 Å². The predicted octanol–water partition coefficient (Wildman–Crippen LogP) is 1.41. The lowest BCUT2D eigenvalue weighted by atomic mass is 10.2. The van der Waals surface area contributed by atoms with Crippen LogP contribution in [-0.2, 0) is 0 Å². The lowest BCUT2D eigenvalue weighted by Gasteiger charge is -1.98. The van der Waals surface area contributed by atoms with Crippen LogP contribution in [0.5, 0.6) is 5.75 Å². The van der Waals surface area contributed by atoms with E-state index < -0.39 is 10.5 Å². The Morgan fingerprint density at radius 3 is 2.73 bits per heavy atom. The van der Waals surface area contributed by atoms with E-state index in [1.54, 1.807) is 0 Å². The van der Waals surface area contributed by atoms with Crippen molar-refractivity contribution < 1.29 is 14.4 Å². The third-order valence-electron chi connectivity index (χ3n) is 1.92. The number of nitro benzene ring substituents is 1. The van der Waals surface area contributed by atoms with E-state index in [-0.39, 0.29) is 22.4 Å². The van der Waals surface area contributed by atoms with Crippen molar-refractivity contribution in [3.63, 3.8) is 0 Å². The molecule has 0 bridgehead atoms. The molecule has 6 nitrogen and oxygen atoms in total. The average Bonchev–Trinajstić information content (AvgIpc) is 2.16. The van der Waals surface area contributed by atoms with E-state index >= 15 is 0 Å². The SMILES string of the molecule is O=c1cc(O)c2ccc([N+](=O)[O-])cc2o1. The van der Waals surface area contributed by atoms with Gasteiger partial charge in [-0.3, -0.25) is 10.1 Å². The van der Waals surface area contributed by atoms with Gasteiger partial charge in [0.05, 0.1) is 22.4 Å². The maximum Gasteiger partial charge on any atom is 0.339 e. The first kappa shape index (κ1) is 9.20. The zero-order chi connectivity index (χ0) is 11.0. The number of hydrogen-bond donors (Lipinski definition) is 1. The topological polar surface area (TPSA) is 93.6 Å². The second kappa shape index (κ2) is 3.09. The minimum atomic E-state index is -0.750. The highest BCUT2D eigenvalue weighted by Gasteiger charge is 2.10. The Bertz CT molecular complexity index is 601. The smallest absolute Gasteiger partial charge is 0.339 e. The van der Waals surface area contributed by atoms with Gasteiger partial charge in [0.25, 0.3) is 5.69 Å². The van der Waals surface area contributed by atoms with Crippen molar-refractivity contribution in [2.45, 2.75) is 0 Å². The van der Waals surface area contributed by atoms with Crippen molar-refractivity contribution in [2.75, 3.05) is 0 Å². The van der Waals surface area contributed by atoms with Crippen molar-refractivity contribution in [3.8, 4) is 5.75 Å². The largest absolute Gasteiger partial charge is 0.507 e. The first-order chi connectivity index (χ1) is 7.08. The highest BCUT2D eigenvalue weighted by Crippen LogP contribution is 2.25. The zero-order valence-corrected chi connectivity index (χ0v) is 7.34. The maximum absolute atomic E-state index is 10.9. The molecule has 76 valence electrons. The third-order valence-corrected chi connectivity index (χ3v) is 1.92. The second-order valence-electron chi connectivity index (χ2n) is 2.89. The second-order valence-corrected chi connectivity index (χ2v) is 2.89. The fourth-order valence-electron chi connectivity index (χ4n) is 1.25. The Morgan fingerprint density at radius 1 is 1.33 bits per heavy atom. The number of nitrogens with zero attached hydrogens (tertiary/aromatic N) is 1. The first-order valence-electron chi connectivity index (χ1n) is 3.99. The molecule has 0 amide bonds. The molecule has 2 rings (SSSR count). The molecule has 0 saturated carbocycles. The van der Waals surface area contributed by atoms with Gasteiger partial charge in [-0.15, -0.1) is 0 Å². The van der Waals surface area contributed by atoms with Gasteiger partial charge < -0.3 is 9.52 Å². The molecular formula is C9H5NO5. The molecule has 2 aromatic rings. The number of rotatable bonds is 1. The molecule has 0 saturated heterocycles. The summed E-state index contributed by atoms with van der Waals surface area (Å²) in [5, 5.41) is 20.1. The summed E-state index contributed by atoms with van der Waals surface area (Å²) in [5.74, 6) is -0.254. The molecular weight excluding hydrogens is 202 g/mol. The van der Waals surface area contributed by atoms with Gasteiger partial charge in [0, 0.05) is 6.07 Å². The van der Waals surface area contributed by atoms with Gasteiger partial charge in [-0.25, -0.2) is 4.79 Å². The molecule has 0 aliphatic rings. The molecule has 0 aliphatic carbocycles. The van der Waals surface area contributed by atoms with Crippen LogP contribution in [-0.4, -0.2) is 10.0 Å². The molecule has 0 spiro atoms. The molecule has 0 aliphatic heterocycles. The van der Waals surface area contributed by atoms with E-state index in [0.717, 1.165) is 12.1 Å². The molecule has 1 N–H and O–H groups in total. The standard InChI is InChI=1S/C9H5NO5/c11-7-4-9(12)15-8-3-5(10(13)14)1-2-6(7)8/h1-4,11H. The lowest BCUT2D eigenvalue weighted by Crippen LogP contribution is -1.96. The van der Waals surface area contributed by atoms with Gasteiger partial charge in [0.15, 0.2) is 0 Å². The van der Waals surface area contributed by atoms with Crippen LogP contribution in [0.15, 0.2) is 33.5 Å². The van der Waals surface area contributed by atoms with Gasteiger partial charge in [-0.05, 0) is 6.07 Å². The van der Waals surface area contributed by atoms with Crippen molar-refractivity contribution >= 4 is 16.7 Å². The van der Waals surface area contributed by atoms with Gasteiger partial charge >= 0.3 is 5.63 Å². The molecule has 15 heavy (non-hydrogen) atoms. The Kier molecular flexibility index (Phi) is 1.89. The minimum absolute atomic E-state index is 0.00537. The molecule has 1 heterocycles.